The van der Waals surface area contributed by atoms with Crippen molar-refractivity contribution in [3.05, 3.63) is 28.2 Å². The minimum atomic E-state index is -0.367. The molecular weight excluding hydrogens is 306 g/mol. The maximum atomic E-state index is 11.5. The van der Waals surface area contributed by atoms with Crippen LogP contribution < -0.4 is 16.0 Å². The summed E-state index contributed by atoms with van der Waals surface area (Å²) in [6, 6.07) is 5.74. The van der Waals surface area contributed by atoms with Crippen molar-refractivity contribution in [2.45, 2.75) is 12.8 Å². The number of nitrogens with one attached hydrogen (secondary N) is 1. The minimum absolute atomic E-state index is 0.367. The summed E-state index contributed by atoms with van der Waals surface area (Å²) < 4.78 is 0.884. The van der Waals surface area contributed by atoms with E-state index in [1.807, 2.05) is 19.2 Å². The van der Waals surface area contributed by atoms with Crippen molar-refractivity contribution in [2.24, 2.45) is 11.7 Å². The second-order valence-corrected chi connectivity index (χ2v) is 5.93. The number of nitrogens with zero attached hydrogens (tertiary/aromatic N) is 1. The van der Waals surface area contributed by atoms with Gasteiger partial charge in [-0.2, -0.15) is 0 Å². The number of anilines is 1. The summed E-state index contributed by atoms with van der Waals surface area (Å²) in [4.78, 5) is 13.8. The molecule has 1 aliphatic rings. The number of halogens is 1. The molecule has 0 atom stereocenters. The predicted octanol–water partition coefficient (Wildman–Crippen LogP) is 1.98. The molecule has 2 rings (SSSR count). The van der Waals surface area contributed by atoms with Crippen LogP contribution in [0.3, 0.4) is 0 Å². The summed E-state index contributed by atoms with van der Waals surface area (Å²) in [5.41, 5.74) is 7.02. The fourth-order valence-corrected chi connectivity index (χ4v) is 3.01. The molecule has 0 aliphatic carbocycles. The molecule has 4 nitrogen and oxygen atoms in total. The zero-order valence-corrected chi connectivity index (χ0v) is 12.7. The molecule has 1 saturated heterocycles. The van der Waals surface area contributed by atoms with Crippen LogP contribution in [0.1, 0.15) is 23.2 Å². The van der Waals surface area contributed by atoms with Gasteiger partial charge in [-0.1, -0.05) is 15.9 Å². The SMILES string of the molecule is CNCC1CCN(c2ccc(Br)cc2C(N)=O)CC1. The van der Waals surface area contributed by atoms with E-state index in [0.29, 0.717) is 5.56 Å². The fourth-order valence-electron chi connectivity index (χ4n) is 2.65. The van der Waals surface area contributed by atoms with Crippen molar-refractivity contribution in [2.75, 3.05) is 31.6 Å². The van der Waals surface area contributed by atoms with Crippen LogP contribution in [0.5, 0.6) is 0 Å². The van der Waals surface area contributed by atoms with Gasteiger partial charge in [0.1, 0.15) is 0 Å². The number of primary amides is 1. The lowest BCUT2D eigenvalue weighted by molar-refractivity contribution is 0.100. The quantitative estimate of drug-likeness (QED) is 0.890. The molecule has 0 unspecified atom stereocenters. The third-order valence-corrected chi connectivity index (χ3v) is 4.17. The molecule has 0 saturated carbocycles. The first-order valence-corrected chi connectivity index (χ1v) is 7.40. The first-order chi connectivity index (χ1) is 9.11. The van der Waals surface area contributed by atoms with Crippen molar-refractivity contribution >= 4 is 27.5 Å². The van der Waals surface area contributed by atoms with Crippen molar-refractivity contribution in [3.8, 4) is 0 Å². The Morgan fingerprint density at radius 1 is 1.47 bits per heavy atom. The second-order valence-electron chi connectivity index (χ2n) is 5.01. The van der Waals surface area contributed by atoms with Gasteiger partial charge in [-0.3, -0.25) is 4.79 Å². The third kappa shape index (κ3) is 3.48. The van der Waals surface area contributed by atoms with E-state index in [4.69, 9.17) is 5.73 Å². The van der Waals surface area contributed by atoms with Crippen molar-refractivity contribution in [3.63, 3.8) is 0 Å². The van der Waals surface area contributed by atoms with Gasteiger partial charge in [0, 0.05) is 23.2 Å². The number of hydrogen-bond donors (Lipinski definition) is 2. The minimum Gasteiger partial charge on any atom is -0.371 e. The fraction of sp³-hybridized carbons (Fsp3) is 0.500. The Labute approximate surface area is 122 Å². The van der Waals surface area contributed by atoms with Gasteiger partial charge in [-0.05, 0) is 50.6 Å². The normalized spacial score (nSPS) is 16.6. The van der Waals surface area contributed by atoms with Gasteiger partial charge >= 0.3 is 0 Å². The summed E-state index contributed by atoms with van der Waals surface area (Å²) in [6.07, 6.45) is 2.30. The molecule has 1 amide bonds. The van der Waals surface area contributed by atoms with Gasteiger partial charge in [0.25, 0.3) is 5.91 Å². The van der Waals surface area contributed by atoms with Crippen molar-refractivity contribution in [1.29, 1.82) is 0 Å². The summed E-state index contributed by atoms with van der Waals surface area (Å²) in [5, 5.41) is 3.23. The van der Waals surface area contributed by atoms with Crippen LogP contribution >= 0.6 is 15.9 Å². The highest BCUT2D eigenvalue weighted by molar-refractivity contribution is 9.10. The molecule has 1 aromatic rings. The van der Waals surface area contributed by atoms with E-state index in [2.05, 4.69) is 26.1 Å². The number of hydrogen-bond acceptors (Lipinski definition) is 3. The number of amides is 1. The van der Waals surface area contributed by atoms with E-state index < -0.39 is 0 Å². The van der Waals surface area contributed by atoms with Gasteiger partial charge < -0.3 is 16.0 Å². The van der Waals surface area contributed by atoms with E-state index in [9.17, 15) is 4.79 Å². The number of benzene rings is 1. The number of nitrogens with two attached hydrogens (primary N) is 1. The summed E-state index contributed by atoms with van der Waals surface area (Å²) >= 11 is 3.38. The molecule has 3 N–H and O–H groups in total. The number of carbonyl (C=O) groups is 1. The molecule has 0 radical (unpaired) electrons. The van der Waals surface area contributed by atoms with Crippen LogP contribution in [0, 0.1) is 5.92 Å². The van der Waals surface area contributed by atoms with Crippen LogP contribution in [0.15, 0.2) is 22.7 Å². The second kappa shape index (κ2) is 6.39. The van der Waals surface area contributed by atoms with E-state index >= 15 is 0 Å². The van der Waals surface area contributed by atoms with E-state index in [-0.39, 0.29) is 5.91 Å². The Morgan fingerprint density at radius 3 is 2.74 bits per heavy atom. The zero-order valence-electron chi connectivity index (χ0n) is 11.2. The Bertz CT molecular complexity index is 456. The molecule has 104 valence electrons. The molecule has 1 aromatic carbocycles. The molecule has 1 fully saturated rings. The van der Waals surface area contributed by atoms with Crippen LogP contribution in [0.25, 0.3) is 0 Å². The van der Waals surface area contributed by atoms with E-state index in [0.717, 1.165) is 48.6 Å². The standard InChI is InChI=1S/C14H20BrN3O/c1-17-9-10-4-6-18(7-5-10)13-3-2-11(15)8-12(13)14(16)19/h2-3,8,10,17H,4-7,9H2,1H3,(H2,16,19). The Hall–Kier alpha value is -1.07. The number of piperidine rings is 1. The summed E-state index contributed by atoms with van der Waals surface area (Å²) in [6.45, 7) is 3.03. The molecule has 5 heteroatoms. The highest BCUT2D eigenvalue weighted by atomic mass is 79.9. The molecular formula is C14H20BrN3O. The Balaban J connectivity index is 2.13. The molecule has 0 spiro atoms. The molecule has 1 heterocycles. The highest BCUT2D eigenvalue weighted by Crippen LogP contribution is 2.28. The predicted molar refractivity (Wildman–Crippen MR) is 81.5 cm³/mol. The van der Waals surface area contributed by atoms with Crippen molar-refractivity contribution < 1.29 is 4.79 Å². The lowest BCUT2D eigenvalue weighted by atomic mass is 9.96. The van der Waals surface area contributed by atoms with Gasteiger partial charge in [0.2, 0.25) is 0 Å². The van der Waals surface area contributed by atoms with Crippen LogP contribution in [0.4, 0.5) is 5.69 Å². The third-order valence-electron chi connectivity index (χ3n) is 3.67. The molecule has 0 bridgehead atoms. The summed E-state index contributed by atoms with van der Waals surface area (Å²) in [7, 11) is 1.99. The maximum Gasteiger partial charge on any atom is 0.250 e. The van der Waals surface area contributed by atoms with Gasteiger partial charge in [0.15, 0.2) is 0 Å². The first-order valence-electron chi connectivity index (χ1n) is 6.60. The topological polar surface area (TPSA) is 58.4 Å². The lowest BCUT2D eigenvalue weighted by Crippen LogP contribution is -2.37. The molecule has 1 aliphatic heterocycles. The van der Waals surface area contributed by atoms with E-state index in [1.165, 1.54) is 0 Å². The van der Waals surface area contributed by atoms with Crippen LogP contribution in [-0.2, 0) is 0 Å². The zero-order chi connectivity index (χ0) is 13.8. The number of carbonyl (C=O) groups excluding carboxylic acids is 1. The highest BCUT2D eigenvalue weighted by Gasteiger charge is 2.21. The monoisotopic (exact) mass is 325 g/mol. The van der Waals surface area contributed by atoms with Gasteiger partial charge in [0.05, 0.1) is 5.56 Å². The lowest BCUT2D eigenvalue weighted by Gasteiger charge is -2.34. The number of rotatable bonds is 4. The van der Waals surface area contributed by atoms with Gasteiger partial charge in [-0.25, -0.2) is 0 Å². The largest absolute Gasteiger partial charge is 0.371 e. The Kier molecular flexibility index (Phi) is 4.82. The smallest absolute Gasteiger partial charge is 0.250 e. The van der Waals surface area contributed by atoms with Crippen LogP contribution in [0.2, 0.25) is 0 Å². The van der Waals surface area contributed by atoms with Gasteiger partial charge in [-0.15, -0.1) is 0 Å². The average Bonchev–Trinajstić information content (AvgIpc) is 2.40. The van der Waals surface area contributed by atoms with Crippen molar-refractivity contribution in [1.82, 2.24) is 5.32 Å². The Morgan fingerprint density at radius 2 is 2.16 bits per heavy atom. The maximum absolute atomic E-state index is 11.5. The summed E-state index contributed by atoms with van der Waals surface area (Å²) in [5.74, 6) is 0.363. The molecule has 0 aromatic heterocycles. The molecule has 19 heavy (non-hydrogen) atoms. The average molecular weight is 326 g/mol. The van der Waals surface area contributed by atoms with Crippen LogP contribution in [-0.4, -0.2) is 32.6 Å². The first kappa shape index (κ1) is 14.3. The van der Waals surface area contributed by atoms with E-state index in [1.54, 1.807) is 6.07 Å².